The van der Waals surface area contributed by atoms with Crippen LogP contribution in [0.4, 0.5) is 0 Å². The molecule has 0 bridgehead atoms. The number of aliphatic imine (C=N–C) groups is 2. The molecule has 6 nitrogen and oxygen atoms in total. The molecule has 2 heterocycles. The fourth-order valence-corrected chi connectivity index (χ4v) is 4.20. The lowest BCUT2D eigenvalue weighted by atomic mass is 9.78. The minimum absolute atomic E-state index is 0.0286. The zero-order valence-electron chi connectivity index (χ0n) is 17.4. The summed E-state index contributed by atoms with van der Waals surface area (Å²) in [7, 11) is 1.68. The maximum absolute atomic E-state index is 6.85. The van der Waals surface area contributed by atoms with E-state index in [1.165, 1.54) is 5.57 Å². The Morgan fingerprint density at radius 2 is 1.97 bits per heavy atom. The first-order valence-corrected chi connectivity index (χ1v) is 10.4. The Hall–Kier alpha value is -3.48. The van der Waals surface area contributed by atoms with E-state index in [9.17, 15) is 0 Å². The highest BCUT2D eigenvalue weighted by Gasteiger charge is 2.47. The molecule has 0 saturated heterocycles. The van der Waals surface area contributed by atoms with Crippen LogP contribution in [-0.2, 0) is 11.3 Å². The van der Waals surface area contributed by atoms with Crippen LogP contribution in [0.1, 0.15) is 24.0 Å². The summed E-state index contributed by atoms with van der Waals surface area (Å²) in [6.45, 7) is 0.511. The second kappa shape index (κ2) is 7.98. The minimum atomic E-state index is 0.0286. The van der Waals surface area contributed by atoms with Crippen molar-refractivity contribution in [2.75, 3.05) is 7.11 Å². The van der Waals surface area contributed by atoms with Gasteiger partial charge in [0.05, 0.1) is 31.3 Å². The van der Waals surface area contributed by atoms with Gasteiger partial charge in [0.15, 0.2) is 0 Å². The second-order valence-electron chi connectivity index (χ2n) is 7.98. The normalized spacial score (nSPS) is 23.9. The van der Waals surface area contributed by atoms with Crippen LogP contribution >= 0.6 is 0 Å². The Bertz CT molecular complexity index is 1140. The maximum atomic E-state index is 6.85. The smallest absolute Gasteiger partial charge is 0.265 e. The molecule has 1 unspecified atom stereocenters. The summed E-state index contributed by atoms with van der Waals surface area (Å²) in [6.07, 6.45) is 9.13. The molecule has 6 heteroatoms. The number of fused-ring (bicyclic) bond motifs is 1. The van der Waals surface area contributed by atoms with Crippen molar-refractivity contribution in [2.24, 2.45) is 21.7 Å². The highest BCUT2D eigenvalue weighted by molar-refractivity contribution is 6.00. The lowest BCUT2D eigenvalue weighted by molar-refractivity contribution is -0.750. The molecule has 1 atom stereocenters. The molecule has 1 saturated carbocycles. The van der Waals surface area contributed by atoms with Crippen LogP contribution in [-0.4, -0.2) is 23.8 Å². The Morgan fingerprint density at radius 3 is 2.77 bits per heavy atom. The van der Waals surface area contributed by atoms with Crippen molar-refractivity contribution in [3.05, 3.63) is 101 Å². The van der Waals surface area contributed by atoms with E-state index < -0.39 is 0 Å². The lowest BCUT2D eigenvalue weighted by Gasteiger charge is -2.29. The molecule has 2 aromatic carbocycles. The molecular formula is C25H25N4O2+. The summed E-state index contributed by atoms with van der Waals surface area (Å²) < 4.78 is 11.2. The van der Waals surface area contributed by atoms with Gasteiger partial charge in [-0.3, -0.25) is 4.99 Å². The van der Waals surface area contributed by atoms with Crippen molar-refractivity contribution in [2.45, 2.75) is 19.4 Å². The summed E-state index contributed by atoms with van der Waals surface area (Å²) in [5.41, 5.74) is 5.29. The highest BCUT2D eigenvalue weighted by atomic mass is 16.5. The zero-order valence-corrected chi connectivity index (χ0v) is 17.4. The van der Waals surface area contributed by atoms with Crippen LogP contribution < -0.4 is 10.6 Å². The van der Waals surface area contributed by atoms with E-state index in [-0.39, 0.29) is 4.59 Å². The molecule has 3 aliphatic rings. The predicted octanol–water partition coefficient (Wildman–Crippen LogP) is 4.42. The third kappa shape index (κ3) is 3.60. The molecule has 2 N–H and O–H groups in total. The van der Waals surface area contributed by atoms with Crippen LogP contribution in [0.25, 0.3) is 0 Å². The van der Waals surface area contributed by atoms with Crippen molar-refractivity contribution in [1.29, 1.82) is 0 Å². The monoisotopic (exact) mass is 413 g/mol. The topological polar surface area (TPSA) is 69.2 Å². The van der Waals surface area contributed by atoms with Gasteiger partial charge in [-0.2, -0.15) is 10.8 Å². The molecule has 156 valence electrons. The molecule has 0 aromatic heterocycles. The van der Waals surface area contributed by atoms with E-state index in [2.05, 4.69) is 17.1 Å². The molecule has 5 rings (SSSR count). The Morgan fingerprint density at radius 1 is 1.13 bits per heavy atom. The van der Waals surface area contributed by atoms with Gasteiger partial charge >= 0.3 is 0 Å². The average Bonchev–Trinajstić information content (AvgIpc) is 3.08. The summed E-state index contributed by atoms with van der Waals surface area (Å²) >= 11 is 0. The number of nitrogens with zero attached hydrogens (tertiary/aromatic N) is 3. The molecule has 0 spiro atoms. The van der Waals surface area contributed by atoms with Crippen molar-refractivity contribution < 1.29 is 14.1 Å². The van der Waals surface area contributed by atoms with Crippen molar-refractivity contribution >= 4 is 12.1 Å². The fourth-order valence-electron chi connectivity index (χ4n) is 4.20. The number of nitrogens with two attached hydrogens (primary N) is 1. The SMILES string of the molecule is COC=C1CC(C2=C3C=NC=C[N+]3(N)C(c3cccc(OCc4ccccc4)c3)=N2)C1. The summed E-state index contributed by atoms with van der Waals surface area (Å²) in [5.74, 6) is 8.74. The third-order valence-electron chi connectivity index (χ3n) is 5.85. The number of hydrogen-bond donors (Lipinski definition) is 1. The van der Waals surface area contributed by atoms with Gasteiger partial charge in [-0.05, 0) is 42.2 Å². The van der Waals surface area contributed by atoms with Gasteiger partial charge < -0.3 is 9.47 Å². The number of hydrogen-bond acceptors (Lipinski definition) is 5. The van der Waals surface area contributed by atoms with E-state index in [0.717, 1.165) is 46.9 Å². The molecule has 0 radical (unpaired) electrons. The zero-order chi connectivity index (χ0) is 21.3. The van der Waals surface area contributed by atoms with Crippen LogP contribution in [0.5, 0.6) is 5.75 Å². The first-order chi connectivity index (χ1) is 15.2. The van der Waals surface area contributed by atoms with Crippen LogP contribution in [0.3, 0.4) is 0 Å². The van der Waals surface area contributed by atoms with Gasteiger partial charge in [0, 0.05) is 5.92 Å². The van der Waals surface area contributed by atoms with Gasteiger partial charge in [0.1, 0.15) is 24.3 Å². The fraction of sp³-hybridized carbons (Fsp3) is 0.200. The van der Waals surface area contributed by atoms with Crippen molar-refractivity contribution in [3.8, 4) is 5.75 Å². The Balaban J connectivity index is 1.42. The summed E-state index contributed by atoms with van der Waals surface area (Å²) in [4.78, 5) is 9.35. The van der Waals surface area contributed by atoms with Crippen molar-refractivity contribution in [1.82, 2.24) is 0 Å². The van der Waals surface area contributed by atoms with E-state index in [1.807, 2.05) is 61.1 Å². The molecule has 1 fully saturated rings. The van der Waals surface area contributed by atoms with E-state index in [1.54, 1.807) is 13.3 Å². The molecular weight excluding hydrogens is 388 g/mol. The lowest BCUT2D eigenvalue weighted by Crippen LogP contribution is -2.53. The maximum Gasteiger partial charge on any atom is 0.265 e. The van der Waals surface area contributed by atoms with Gasteiger partial charge in [-0.1, -0.05) is 36.4 Å². The summed E-state index contributed by atoms with van der Waals surface area (Å²) in [5, 5.41) is 0. The van der Waals surface area contributed by atoms with Crippen LogP contribution in [0, 0.1) is 5.92 Å². The molecule has 1 aliphatic carbocycles. The average molecular weight is 414 g/mol. The number of allylic oxidation sites excluding steroid dienone is 3. The number of benzene rings is 2. The van der Waals surface area contributed by atoms with E-state index in [4.69, 9.17) is 20.3 Å². The van der Waals surface area contributed by atoms with E-state index >= 15 is 0 Å². The van der Waals surface area contributed by atoms with Gasteiger partial charge in [0.25, 0.3) is 5.84 Å². The van der Waals surface area contributed by atoms with Gasteiger partial charge in [-0.25, -0.2) is 0 Å². The standard InChI is InChI=1S/C25H25N4O2/c1-30-16-19-12-21(13-19)24-23-15-27-10-11-29(23,26)25(28-24)20-8-5-9-22(14-20)31-17-18-6-3-2-4-7-18/h2-11,14-16,21H,12-13,17,26H2,1H3/q+1. The molecule has 31 heavy (non-hydrogen) atoms. The van der Waals surface area contributed by atoms with Crippen molar-refractivity contribution in [3.63, 3.8) is 0 Å². The second-order valence-corrected chi connectivity index (χ2v) is 7.98. The van der Waals surface area contributed by atoms with E-state index in [0.29, 0.717) is 12.5 Å². The first kappa shape index (κ1) is 19.5. The van der Waals surface area contributed by atoms with Gasteiger partial charge in [-0.15, -0.1) is 4.59 Å². The Kier molecular flexibility index (Phi) is 5.02. The summed E-state index contributed by atoms with van der Waals surface area (Å²) in [6, 6.07) is 18.1. The Labute approximate surface area is 181 Å². The van der Waals surface area contributed by atoms with Crippen LogP contribution in [0.2, 0.25) is 0 Å². The number of rotatable bonds is 6. The minimum Gasteiger partial charge on any atom is -0.504 e. The first-order valence-electron chi connectivity index (χ1n) is 10.4. The third-order valence-corrected chi connectivity index (χ3v) is 5.85. The number of methoxy groups -OCH3 is 1. The number of ether oxygens (including phenoxy) is 2. The molecule has 2 aliphatic heterocycles. The van der Waals surface area contributed by atoms with Gasteiger partial charge in [0.2, 0.25) is 5.70 Å². The molecule has 2 aromatic rings. The molecule has 0 amide bonds. The number of quaternary nitrogens is 1. The highest BCUT2D eigenvalue weighted by Crippen LogP contribution is 2.44. The van der Waals surface area contributed by atoms with Crippen LogP contribution in [0.15, 0.2) is 100 Å². The quantitative estimate of drug-likeness (QED) is 0.433. The number of amidine groups is 1. The predicted molar refractivity (Wildman–Crippen MR) is 121 cm³/mol. The largest absolute Gasteiger partial charge is 0.504 e.